The van der Waals surface area contributed by atoms with E-state index in [4.69, 9.17) is 10.5 Å². The van der Waals surface area contributed by atoms with Crippen LogP contribution < -0.4 is 5.73 Å². The van der Waals surface area contributed by atoms with Crippen LogP contribution in [0.4, 0.5) is 14.6 Å². The fraction of sp³-hybridized carbons (Fsp3) is 0.476. The summed E-state index contributed by atoms with van der Waals surface area (Å²) in [5.74, 6) is 0.800. The molecule has 1 unspecified atom stereocenters. The molecule has 8 nitrogen and oxygen atoms in total. The molecular formula is C21H25F2N7O. The van der Waals surface area contributed by atoms with Crippen molar-refractivity contribution in [3.8, 4) is 11.3 Å². The standard InChI is InChI=1S/C21H25F2N7O/c1-2-16(20-25-4-5-26-20)29-6-3-21(12-29)17-10-15(28-30(17)7-8-31-21)13-9-14(18(22)23)19(24)27-11-13/h4-5,9-11,16,18H,2-3,6-8,12H2,1H3,(H2,24,27)(H,25,26)/t16?,21-/m1/s1. The summed E-state index contributed by atoms with van der Waals surface area (Å²) in [6.07, 6.45) is 4.19. The number of nitrogens with one attached hydrogen (secondary N) is 1. The van der Waals surface area contributed by atoms with E-state index in [1.165, 1.54) is 12.3 Å². The fourth-order valence-electron chi connectivity index (χ4n) is 4.79. The third-order valence-electron chi connectivity index (χ3n) is 6.33. The molecule has 3 aromatic rings. The van der Waals surface area contributed by atoms with E-state index in [2.05, 4.69) is 31.9 Å². The van der Waals surface area contributed by atoms with Gasteiger partial charge in [0.15, 0.2) is 0 Å². The van der Waals surface area contributed by atoms with Crippen molar-refractivity contribution in [3.63, 3.8) is 0 Å². The predicted molar refractivity (Wildman–Crippen MR) is 110 cm³/mol. The van der Waals surface area contributed by atoms with Crippen LogP contribution in [0.25, 0.3) is 11.3 Å². The van der Waals surface area contributed by atoms with Crippen molar-refractivity contribution in [1.29, 1.82) is 0 Å². The number of fused-ring (bicyclic) bond motifs is 2. The van der Waals surface area contributed by atoms with Gasteiger partial charge in [-0.1, -0.05) is 6.92 Å². The van der Waals surface area contributed by atoms with Gasteiger partial charge in [-0.2, -0.15) is 5.10 Å². The van der Waals surface area contributed by atoms with Crippen molar-refractivity contribution in [3.05, 3.63) is 47.8 Å². The molecule has 2 aliphatic heterocycles. The third-order valence-corrected chi connectivity index (χ3v) is 6.33. The van der Waals surface area contributed by atoms with Gasteiger partial charge in [0.1, 0.15) is 17.2 Å². The molecule has 2 atom stereocenters. The highest BCUT2D eigenvalue weighted by Gasteiger charge is 2.47. The molecule has 1 spiro atoms. The minimum Gasteiger partial charge on any atom is -0.383 e. The number of ether oxygens (including phenoxy) is 1. The number of alkyl halides is 2. The monoisotopic (exact) mass is 429 g/mol. The Morgan fingerprint density at radius 1 is 1.29 bits per heavy atom. The van der Waals surface area contributed by atoms with Gasteiger partial charge in [-0.25, -0.2) is 18.7 Å². The van der Waals surface area contributed by atoms with Crippen molar-refractivity contribution in [2.75, 3.05) is 25.4 Å². The van der Waals surface area contributed by atoms with E-state index >= 15 is 0 Å². The molecular weight excluding hydrogens is 404 g/mol. The molecule has 1 saturated heterocycles. The Morgan fingerprint density at radius 3 is 2.90 bits per heavy atom. The number of nitrogens with two attached hydrogens (primary N) is 1. The number of aromatic nitrogens is 5. The van der Waals surface area contributed by atoms with Crippen molar-refractivity contribution >= 4 is 5.82 Å². The number of hydrogen-bond acceptors (Lipinski definition) is 6. The maximum atomic E-state index is 13.3. The first kappa shape index (κ1) is 20.1. The van der Waals surface area contributed by atoms with Gasteiger partial charge < -0.3 is 15.5 Å². The van der Waals surface area contributed by atoms with Gasteiger partial charge in [0.25, 0.3) is 6.43 Å². The number of hydrogen-bond donors (Lipinski definition) is 2. The topological polar surface area (TPSA) is 97.9 Å². The average molecular weight is 429 g/mol. The molecule has 2 aliphatic rings. The fourth-order valence-corrected chi connectivity index (χ4v) is 4.79. The van der Waals surface area contributed by atoms with Crippen molar-refractivity contribution in [1.82, 2.24) is 29.6 Å². The summed E-state index contributed by atoms with van der Waals surface area (Å²) in [4.78, 5) is 14.0. The molecule has 0 aromatic carbocycles. The molecule has 1 fully saturated rings. The molecule has 5 rings (SSSR count). The van der Waals surface area contributed by atoms with E-state index in [0.29, 0.717) is 24.4 Å². The lowest BCUT2D eigenvalue weighted by molar-refractivity contribution is -0.0742. The highest BCUT2D eigenvalue weighted by Crippen LogP contribution is 2.42. The van der Waals surface area contributed by atoms with E-state index in [0.717, 1.165) is 37.4 Å². The summed E-state index contributed by atoms with van der Waals surface area (Å²) < 4.78 is 34.8. The number of nitrogens with zero attached hydrogens (tertiary/aromatic N) is 5. The lowest BCUT2D eigenvalue weighted by atomic mass is 9.96. The molecule has 164 valence electrons. The summed E-state index contributed by atoms with van der Waals surface area (Å²) in [6.45, 7) is 4.92. The molecule has 3 N–H and O–H groups in total. The molecule has 3 aromatic heterocycles. The van der Waals surface area contributed by atoms with Crippen LogP contribution in [-0.2, 0) is 16.9 Å². The largest absolute Gasteiger partial charge is 0.383 e. The number of anilines is 1. The maximum Gasteiger partial charge on any atom is 0.267 e. The molecule has 0 radical (unpaired) electrons. The first-order chi connectivity index (χ1) is 15.0. The number of nitrogen functional groups attached to an aromatic ring is 1. The summed E-state index contributed by atoms with van der Waals surface area (Å²) in [7, 11) is 0. The van der Waals surface area contributed by atoms with Crippen molar-refractivity contribution in [2.24, 2.45) is 0 Å². The lowest BCUT2D eigenvalue weighted by Gasteiger charge is -2.35. The van der Waals surface area contributed by atoms with Crippen LogP contribution in [0.5, 0.6) is 0 Å². The number of likely N-dealkylation sites (tertiary alicyclic amines) is 1. The number of imidazole rings is 1. The van der Waals surface area contributed by atoms with Crippen molar-refractivity contribution < 1.29 is 13.5 Å². The van der Waals surface area contributed by atoms with Crippen LogP contribution in [0.1, 0.15) is 49.3 Å². The Kier molecular flexibility index (Phi) is 4.98. The van der Waals surface area contributed by atoms with Crippen LogP contribution in [0.15, 0.2) is 30.7 Å². The van der Waals surface area contributed by atoms with Crippen LogP contribution in [-0.4, -0.2) is 49.3 Å². The van der Waals surface area contributed by atoms with Crippen LogP contribution in [0, 0.1) is 0 Å². The van der Waals surface area contributed by atoms with E-state index in [-0.39, 0.29) is 17.4 Å². The minimum atomic E-state index is -2.68. The van der Waals surface area contributed by atoms with Gasteiger partial charge in [0, 0.05) is 37.2 Å². The molecule has 0 saturated carbocycles. The quantitative estimate of drug-likeness (QED) is 0.646. The normalized spacial score (nSPS) is 22.3. The molecule has 5 heterocycles. The summed E-state index contributed by atoms with van der Waals surface area (Å²) >= 11 is 0. The summed E-state index contributed by atoms with van der Waals surface area (Å²) in [5, 5.41) is 4.68. The maximum absolute atomic E-state index is 13.3. The van der Waals surface area contributed by atoms with Crippen LogP contribution in [0.3, 0.4) is 0 Å². The van der Waals surface area contributed by atoms with Crippen molar-refractivity contribution in [2.45, 2.75) is 44.4 Å². The first-order valence-corrected chi connectivity index (χ1v) is 10.5. The van der Waals surface area contributed by atoms with E-state index < -0.39 is 12.0 Å². The molecule has 31 heavy (non-hydrogen) atoms. The van der Waals surface area contributed by atoms with E-state index in [1.807, 2.05) is 16.9 Å². The second-order valence-corrected chi connectivity index (χ2v) is 8.10. The molecule has 0 bridgehead atoms. The number of aromatic amines is 1. The highest BCUT2D eigenvalue weighted by molar-refractivity contribution is 5.62. The zero-order valence-electron chi connectivity index (χ0n) is 17.3. The highest BCUT2D eigenvalue weighted by atomic mass is 19.3. The zero-order chi connectivity index (χ0) is 21.6. The molecule has 10 heteroatoms. The lowest BCUT2D eigenvalue weighted by Crippen LogP contribution is -2.41. The smallest absolute Gasteiger partial charge is 0.267 e. The Balaban J connectivity index is 1.46. The van der Waals surface area contributed by atoms with Gasteiger partial charge in [-0.3, -0.25) is 9.58 Å². The second kappa shape index (κ2) is 7.69. The summed E-state index contributed by atoms with van der Waals surface area (Å²) in [5.41, 5.74) is 6.96. The van der Waals surface area contributed by atoms with E-state index in [1.54, 1.807) is 6.20 Å². The molecule has 0 aliphatic carbocycles. The Morgan fingerprint density at radius 2 is 2.16 bits per heavy atom. The van der Waals surface area contributed by atoms with Gasteiger partial charge in [-0.15, -0.1) is 0 Å². The first-order valence-electron chi connectivity index (χ1n) is 10.5. The third kappa shape index (κ3) is 3.39. The second-order valence-electron chi connectivity index (χ2n) is 8.10. The number of H-pyrrole nitrogens is 1. The average Bonchev–Trinajstić information content (AvgIpc) is 3.50. The zero-order valence-corrected chi connectivity index (χ0v) is 17.3. The van der Waals surface area contributed by atoms with Gasteiger partial charge in [0.05, 0.1) is 36.1 Å². The Labute approximate surface area is 178 Å². The number of pyridine rings is 1. The van der Waals surface area contributed by atoms with Gasteiger partial charge in [0.2, 0.25) is 0 Å². The number of halogens is 2. The molecule has 0 amide bonds. The van der Waals surface area contributed by atoms with Crippen LogP contribution >= 0.6 is 0 Å². The minimum absolute atomic E-state index is 0.155. The van der Waals surface area contributed by atoms with Gasteiger partial charge in [-0.05, 0) is 25.0 Å². The Hall–Kier alpha value is -2.85. The van der Waals surface area contributed by atoms with Gasteiger partial charge >= 0.3 is 0 Å². The Bertz CT molecular complexity index is 1070. The number of rotatable bonds is 5. The van der Waals surface area contributed by atoms with Crippen LogP contribution in [0.2, 0.25) is 0 Å². The SMILES string of the molecule is CCC(c1ncc[nH]1)N1CC[C@]2(C1)OCCn1nc(-c3cnc(N)c(C(F)F)c3)cc12. The summed E-state index contributed by atoms with van der Waals surface area (Å²) in [6, 6.07) is 3.50. The van der Waals surface area contributed by atoms with E-state index in [9.17, 15) is 8.78 Å². The predicted octanol–water partition coefficient (Wildman–Crippen LogP) is 3.27.